The van der Waals surface area contributed by atoms with Crippen LogP contribution in [-0.2, 0) is 0 Å². The number of nitrogens with zero attached hydrogens (tertiary/aromatic N) is 2. The molecule has 2 heterocycles. The summed E-state index contributed by atoms with van der Waals surface area (Å²) in [6.07, 6.45) is 6.40. The van der Waals surface area contributed by atoms with Gasteiger partial charge in [-0.1, -0.05) is 6.92 Å². The van der Waals surface area contributed by atoms with Gasteiger partial charge in [-0.2, -0.15) is 0 Å². The van der Waals surface area contributed by atoms with E-state index in [2.05, 4.69) is 38.1 Å². The Morgan fingerprint density at radius 2 is 2.25 bits per heavy atom. The van der Waals surface area contributed by atoms with Crippen LogP contribution in [0.2, 0.25) is 0 Å². The first-order valence-corrected chi connectivity index (χ1v) is 7.38. The highest BCUT2D eigenvalue weighted by Gasteiger charge is 2.18. The summed E-state index contributed by atoms with van der Waals surface area (Å²) in [5.74, 6) is 0.748. The van der Waals surface area contributed by atoms with E-state index in [0.717, 1.165) is 34.4 Å². The SMILES string of the molecule is CCCNC(c1cncc(OC)c1)c1ncccc1Br. The lowest BCUT2D eigenvalue weighted by Gasteiger charge is -2.19. The Kier molecular flexibility index (Phi) is 5.49. The first kappa shape index (κ1) is 14.9. The summed E-state index contributed by atoms with van der Waals surface area (Å²) in [5, 5.41) is 3.51. The molecule has 0 bridgehead atoms. The van der Waals surface area contributed by atoms with Gasteiger partial charge in [0.2, 0.25) is 0 Å². The van der Waals surface area contributed by atoms with E-state index in [0.29, 0.717) is 0 Å². The van der Waals surface area contributed by atoms with E-state index in [1.165, 1.54) is 0 Å². The van der Waals surface area contributed by atoms with E-state index < -0.39 is 0 Å². The molecule has 1 N–H and O–H groups in total. The van der Waals surface area contributed by atoms with Crippen molar-refractivity contribution in [1.29, 1.82) is 0 Å². The zero-order valence-electron chi connectivity index (χ0n) is 11.6. The fraction of sp³-hybridized carbons (Fsp3) is 0.333. The van der Waals surface area contributed by atoms with Crippen LogP contribution in [0.25, 0.3) is 0 Å². The Morgan fingerprint density at radius 3 is 2.95 bits per heavy atom. The van der Waals surface area contributed by atoms with Crippen LogP contribution in [0.4, 0.5) is 0 Å². The molecule has 106 valence electrons. The first-order chi connectivity index (χ1) is 9.76. The highest BCUT2D eigenvalue weighted by atomic mass is 79.9. The van der Waals surface area contributed by atoms with Crippen LogP contribution in [0.15, 0.2) is 41.3 Å². The lowest BCUT2D eigenvalue weighted by molar-refractivity contribution is 0.411. The number of hydrogen-bond acceptors (Lipinski definition) is 4. The maximum absolute atomic E-state index is 5.25. The van der Waals surface area contributed by atoms with Crippen molar-refractivity contribution < 1.29 is 4.74 Å². The topological polar surface area (TPSA) is 47.0 Å². The van der Waals surface area contributed by atoms with Gasteiger partial charge in [0.05, 0.1) is 25.0 Å². The van der Waals surface area contributed by atoms with E-state index in [-0.39, 0.29) is 6.04 Å². The van der Waals surface area contributed by atoms with Crippen LogP contribution in [0.5, 0.6) is 5.75 Å². The average molecular weight is 336 g/mol. The number of hydrogen-bond donors (Lipinski definition) is 1. The summed E-state index contributed by atoms with van der Waals surface area (Å²) in [5.41, 5.74) is 1.99. The molecule has 5 heteroatoms. The minimum absolute atomic E-state index is 0.00637. The van der Waals surface area contributed by atoms with Crippen molar-refractivity contribution in [2.24, 2.45) is 0 Å². The van der Waals surface area contributed by atoms with Crippen LogP contribution in [-0.4, -0.2) is 23.6 Å². The summed E-state index contributed by atoms with van der Waals surface area (Å²) >= 11 is 3.57. The minimum Gasteiger partial charge on any atom is -0.495 e. The second kappa shape index (κ2) is 7.36. The molecule has 1 unspecified atom stereocenters. The van der Waals surface area contributed by atoms with Gasteiger partial charge in [0, 0.05) is 16.9 Å². The highest BCUT2D eigenvalue weighted by molar-refractivity contribution is 9.10. The standard InChI is InChI=1S/C15H18BrN3O/c1-3-6-18-14(15-13(16)5-4-7-19-15)11-8-12(20-2)10-17-9-11/h4-5,7-10,14,18H,3,6H2,1-2H3. The summed E-state index contributed by atoms with van der Waals surface area (Å²) in [6.45, 7) is 3.05. The maximum Gasteiger partial charge on any atom is 0.137 e. The third kappa shape index (κ3) is 3.55. The quantitative estimate of drug-likeness (QED) is 0.879. The Morgan fingerprint density at radius 1 is 1.40 bits per heavy atom. The number of rotatable bonds is 6. The van der Waals surface area contributed by atoms with Gasteiger partial charge in [-0.25, -0.2) is 0 Å². The van der Waals surface area contributed by atoms with Gasteiger partial charge in [-0.3, -0.25) is 9.97 Å². The van der Waals surface area contributed by atoms with Gasteiger partial charge in [0.15, 0.2) is 0 Å². The molecule has 2 rings (SSSR count). The Labute approximate surface area is 127 Å². The minimum atomic E-state index is -0.00637. The van der Waals surface area contributed by atoms with E-state index >= 15 is 0 Å². The molecular formula is C15H18BrN3O. The third-order valence-electron chi connectivity index (χ3n) is 2.96. The van der Waals surface area contributed by atoms with Gasteiger partial charge in [-0.15, -0.1) is 0 Å². The van der Waals surface area contributed by atoms with Crippen molar-refractivity contribution in [3.63, 3.8) is 0 Å². The molecule has 0 saturated heterocycles. The lowest BCUT2D eigenvalue weighted by Crippen LogP contribution is -2.24. The number of nitrogens with one attached hydrogen (secondary N) is 1. The van der Waals surface area contributed by atoms with Gasteiger partial charge >= 0.3 is 0 Å². The second-order valence-corrected chi connectivity index (χ2v) is 5.27. The average Bonchev–Trinajstić information content (AvgIpc) is 2.49. The predicted molar refractivity (Wildman–Crippen MR) is 82.9 cm³/mol. The maximum atomic E-state index is 5.25. The number of halogens is 1. The third-order valence-corrected chi connectivity index (χ3v) is 3.63. The molecule has 0 radical (unpaired) electrons. The van der Waals surface area contributed by atoms with Crippen LogP contribution in [0.3, 0.4) is 0 Å². The molecule has 0 aliphatic heterocycles. The van der Waals surface area contributed by atoms with Crippen LogP contribution < -0.4 is 10.1 Å². The van der Waals surface area contributed by atoms with Crippen molar-refractivity contribution >= 4 is 15.9 Å². The first-order valence-electron chi connectivity index (χ1n) is 6.59. The van der Waals surface area contributed by atoms with Gasteiger partial charge < -0.3 is 10.1 Å². The van der Waals surface area contributed by atoms with E-state index in [9.17, 15) is 0 Å². The van der Waals surface area contributed by atoms with Crippen molar-refractivity contribution in [3.8, 4) is 5.75 Å². The van der Waals surface area contributed by atoms with E-state index in [4.69, 9.17) is 4.74 Å². The molecular weight excluding hydrogens is 318 g/mol. The van der Waals surface area contributed by atoms with E-state index in [1.807, 2.05) is 24.4 Å². The fourth-order valence-corrected chi connectivity index (χ4v) is 2.46. The normalized spacial score (nSPS) is 12.2. The summed E-state index contributed by atoms with van der Waals surface area (Å²) in [4.78, 5) is 8.72. The molecule has 0 aliphatic rings. The summed E-state index contributed by atoms with van der Waals surface area (Å²) < 4.78 is 6.24. The van der Waals surface area contributed by atoms with Crippen molar-refractivity contribution in [1.82, 2.24) is 15.3 Å². The van der Waals surface area contributed by atoms with Crippen molar-refractivity contribution in [2.45, 2.75) is 19.4 Å². The lowest BCUT2D eigenvalue weighted by atomic mass is 10.0. The highest BCUT2D eigenvalue weighted by Crippen LogP contribution is 2.27. The second-order valence-electron chi connectivity index (χ2n) is 4.42. The molecule has 0 fully saturated rings. The van der Waals surface area contributed by atoms with Gasteiger partial charge in [-0.05, 0) is 52.7 Å². The van der Waals surface area contributed by atoms with Crippen LogP contribution in [0.1, 0.15) is 30.6 Å². The monoisotopic (exact) mass is 335 g/mol. The van der Waals surface area contributed by atoms with Gasteiger partial charge in [0.25, 0.3) is 0 Å². The largest absolute Gasteiger partial charge is 0.495 e. The number of methoxy groups -OCH3 is 1. The van der Waals surface area contributed by atoms with Crippen molar-refractivity contribution in [3.05, 3.63) is 52.5 Å². The molecule has 1 atom stereocenters. The summed E-state index contributed by atoms with van der Waals surface area (Å²) in [6, 6.07) is 5.89. The molecule has 0 spiro atoms. The molecule has 0 aromatic carbocycles. The van der Waals surface area contributed by atoms with Crippen molar-refractivity contribution in [2.75, 3.05) is 13.7 Å². The number of aromatic nitrogens is 2. The Bertz CT molecular complexity index is 562. The number of ether oxygens (including phenoxy) is 1. The number of pyridine rings is 2. The summed E-state index contributed by atoms with van der Waals surface area (Å²) in [7, 11) is 1.64. The fourth-order valence-electron chi connectivity index (χ4n) is 1.98. The van der Waals surface area contributed by atoms with Crippen LogP contribution in [0, 0.1) is 0 Å². The molecule has 2 aromatic rings. The molecule has 20 heavy (non-hydrogen) atoms. The predicted octanol–water partition coefficient (Wildman–Crippen LogP) is 3.34. The zero-order chi connectivity index (χ0) is 14.4. The molecule has 4 nitrogen and oxygen atoms in total. The Hall–Kier alpha value is -1.46. The molecule has 0 saturated carbocycles. The Balaban J connectivity index is 2.38. The molecule has 0 aliphatic carbocycles. The van der Waals surface area contributed by atoms with Gasteiger partial charge in [0.1, 0.15) is 5.75 Å². The van der Waals surface area contributed by atoms with Crippen LogP contribution >= 0.6 is 15.9 Å². The smallest absolute Gasteiger partial charge is 0.137 e. The zero-order valence-corrected chi connectivity index (χ0v) is 13.2. The molecule has 2 aromatic heterocycles. The van der Waals surface area contributed by atoms with E-state index in [1.54, 1.807) is 19.5 Å². The molecule has 0 amide bonds.